The Kier molecular flexibility index (Phi) is 5.60. The van der Waals surface area contributed by atoms with Crippen LogP contribution in [0, 0.1) is 23.5 Å². The van der Waals surface area contributed by atoms with Crippen molar-refractivity contribution >= 4 is 17.5 Å². The van der Waals surface area contributed by atoms with Gasteiger partial charge in [-0.15, -0.1) is 0 Å². The lowest BCUT2D eigenvalue weighted by Gasteiger charge is -2.33. The van der Waals surface area contributed by atoms with Crippen LogP contribution in [0.1, 0.15) is 24.8 Å². The number of hydrogen-bond acceptors (Lipinski definition) is 2. The fourth-order valence-electron chi connectivity index (χ4n) is 4.37. The summed E-state index contributed by atoms with van der Waals surface area (Å²) in [6, 6.07) is 13.5. The number of nitrogens with zero attached hydrogens (tertiary/aromatic N) is 2. The van der Waals surface area contributed by atoms with Crippen LogP contribution in [0.25, 0.3) is 0 Å². The Hall–Kier alpha value is -2.76. The predicted octanol–water partition coefficient (Wildman–Crippen LogP) is 3.80. The lowest BCUT2D eigenvalue weighted by atomic mass is 9.89. The number of halogens is 2. The largest absolute Gasteiger partial charge is 0.342 e. The fraction of sp³-hybridized carbons (Fsp3) is 0.391. The summed E-state index contributed by atoms with van der Waals surface area (Å²) in [6.45, 7) is 1.52. The van der Waals surface area contributed by atoms with Crippen molar-refractivity contribution in [2.45, 2.75) is 25.7 Å². The van der Waals surface area contributed by atoms with Gasteiger partial charge in [0.15, 0.2) is 0 Å². The van der Waals surface area contributed by atoms with Gasteiger partial charge in [-0.1, -0.05) is 30.3 Å². The van der Waals surface area contributed by atoms with Gasteiger partial charge in [0.2, 0.25) is 11.8 Å². The van der Waals surface area contributed by atoms with Crippen LogP contribution in [0.15, 0.2) is 48.5 Å². The van der Waals surface area contributed by atoms with Crippen molar-refractivity contribution in [3.05, 3.63) is 65.7 Å². The molecule has 4 rings (SSSR count). The molecule has 0 aromatic heterocycles. The quantitative estimate of drug-likeness (QED) is 0.786. The van der Waals surface area contributed by atoms with E-state index < -0.39 is 17.6 Å². The van der Waals surface area contributed by atoms with Crippen LogP contribution < -0.4 is 4.90 Å². The summed E-state index contributed by atoms with van der Waals surface area (Å²) in [4.78, 5) is 28.4. The van der Waals surface area contributed by atoms with Crippen LogP contribution in [0.4, 0.5) is 14.5 Å². The van der Waals surface area contributed by atoms with E-state index in [0.717, 1.165) is 31.4 Å². The molecule has 2 saturated heterocycles. The van der Waals surface area contributed by atoms with E-state index in [1.165, 1.54) is 16.5 Å². The van der Waals surface area contributed by atoms with Crippen molar-refractivity contribution in [1.82, 2.24) is 4.90 Å². The Morgan fingerprint density at radius 3 is 2.45 bits per heavy atom. The molecule has 29 heavy (non-hydrogen) atoms. The average Bonchev–Trinajstić information content (AvgIpc) is 3.10. The first-order valence-corrected chi connectivity index (χ1v) is 10.1. The molecule has 2 fully saturated rings. The SMILES string of the molecule is O=C(C1CC(=O)N(c2ccc(F)cc2F)C1)N1CCC(Cc2ccccc2)CC1. The summed E-state index contributed by atoms with van der Waals surface area (Å²) >= 11 is 0. The van der Waals surface area contributed by atoms with Gasteiger partial charge < -0.3 is 9.80 Å². The summed E-state index contributed by atoms with van der Waals surface area (Å²) in [5.41, 5.74) is 1.35. The molecule has 0 radical (unpaired) electrons. The molecular weight excluding hydrogens is 374 g/mol. The highest BCUT2D eigenvalue weighted by Gasteiger charge is 2.38. The van der Waals surface area contributed by atoms with Crippen molar-refractivity contribution in [2.75, 3.05) is 24.5 Å². The van der Waals surface area contributed by atoms with Crippen molar-refractivity contribution in [3.8, 4) is 0 Å². The Morgan fingerprint density at radius 2 is 1.76 bits per heavy atom. The number of amides is 2. The highest BCUT2D eigenvalue weighted by Crippen LogP contribution is 2.30. The highest BCUT2D eigenvalue weighted by molar-refractivity contribution is 6.00. The minimum atomic E-state index is -0.784. The molecule has 152 valence electrons. The summed E-state index contributed by atoms with van der Waals surface area (Å²) in [5, 5.41) is 0. The molecule has 1 atom stereocenters. The normalized spacial score (nSPS) is 20.3. The number of hydrogen-bond donors (Lipinski definition) is 0. The van der Waals surface area contributed by atoms with Crippen LogP contribution in [0.5, 0.6) is 0 Å². The zero-order valence-electron chi connectivity index (χ0n) is 16.2. The van der Waals surface area contributed by atoms with Gasteiger partial charge in [0.1, 0.15) is 11.6 Å². The van der Waals surface area contributed by atoms with E-state index in [2.05, 4.69) is 12.1 Å². The van der Waals surface area contributed by atoms with Gasteiger partial charge in [-0.25, -0.2) is 8.78 Å². The molecule has 4 nitrogen and oxygen atoms in total. The fourth-order valence-corrected chi connectivity index (χ4v) is 4.37. The number of rotatable bonds is 4. The summed E-state index contributed by atoms with van der Waals surface area (Å²) < 4.78 is 27.2. The van der Waals surface area contributed by atoms with Crippen LogP contribution in [-0.4, -0.2) is 36.3 Å². The average molecular weight is 398 g/mol. The second-order valence-electron chi connectivity index (χ2n) is 7.96. The van der Waals surface area contributed by atoms with Gasteiger partial charge in [0.25, 0.3) is 0 Å². The van der Waals surface area contributed by atoms with E-state index in [1.54, 1.807) is 0 Å². The minimum absolute atomic E-state index is 0.0354. The standard InChI is InChI=1S/C23H24F2N2O2/c24-19-6-7-21(20(25)14-19)27-15-18(13-22(27)28)23(29)26-10-8-17(9-11-26)12-16-4-2-1-3-5-16/h1-7,14,17-18H,8-13,15H2. The minimum Gasteiger partial charge on any atom is -0.342 e. The van der Waals surface area contributed by atoms with Crippen molar-refractivity contribution < 1.29 is 18.4 Å². The van der Waals surface area contributed by atoms with Crippen LogP contribution in [0.3, 0.4) is 0 Å². The summed E-state index contributed by atoms with van der Waals surface area (Å²) in [7, 11) is 0. The maximum Gasteiger partial charge on any atom is 0.228 e. The Balaban J connectivity index is 1.34. The molecule has 2 aromatic carbocycles. The third kappa shape index (κ3) is 4.31. The first-order chi connectivity index (χ1) is 14.0. The highest BCUT2D eigenvalue weighted by atomic mass is 19.1. The third-order valence-electron chi connectivity index (χ3n) is 5.97. The molecule has 0 aliphatic carbocycles. The van der Waals surface area contributed by atoms with Crippen molar-refractivity contribution in [3.63, 3.8) is 0 Å². The van der Waals surface area contributed by atoms with E-state index in [-0.39, 0.29) is 30.5 Å². The molecular formula is C23H24F2N2O2. The molecule has 2 aliphatic rings. The smallest absolute Gasteiger partial charge is 0.228 e. The molecule has 2 amide bonds. The molecule has 2 heterocycles. The predicted molar refractivity (Wildman–Crippen MR) is 106 cm³/mol. The zero-order valence-corrected chi connectivity index (χ0v) is 16.2. The lowest BCUT2D eigenvalue weighted by molar-refractivity contribution is -0.137. The molecule has 0 N–H and O–H groups in total. The topological polar surface area (TPSA) is 40.6 Å². The van der Waals surface area contributed by atoms with Gasteiger partial charge in [0.05, 0.1) is 11.6 Å². The van der Waals surface area contributed by atoms with E-state index >= 15 is 0 Å². The molecule has 0 saturated carbocycles. The van der Waals surface area contributed by atoms with Crippen LogP contribution in [-0.2, 0) is 16.0 Å². The summed E-state index contributed by atoms with van der Waals surface area (Å²) in [6.07, 6.45) is 2.97. The van der Waals surface area contributed by atoms with Gasteiger partial charge in [-0.3, -0.25) is 9.59 Å². The molecule has 0 bridgehead atoms. The number of anilines is 1. The second-order valence-corrected chi connectivity index (χ2v) is 7.96. The Labute approximate surface area is 169 Å². The monoisotopic (exact) mass is 398 g/mol. The first kappa shape index (κ1) is 19.6. The van der Waals surface area contributed by atoms with E-state index in [4.69, 9.17) is 0 Å². The Bertz CT molecular complexity index is 895. The van der Waals surface area contributed by atoms with Gasteiger partial charge in [-0.2, -0.15) is 0 Å². The zero-order chi connectivity index (χ0) is 20.4. The number of piperidine rings is 1. The van der Waals surface area contributed by atoms with Crippen LogP contribution in [0.2, 0.25) is 0 Å². The van der Waals surface area contributed by atoms with Gasteiger partial charge >= 0.3 is 0 Å². The number of carbonyl (C=O) groups excluding carboxylic acids is 2. The van der Waals surface area contributed by atoms with E-state index in [9.17, 15) is 18.4 Å². The van der Waals surface area contributed by atoms with Crippen molar-refractivity contribution in [1.29, 1.82) is 0 Å². The Morgan fingerprint density at radius 1 is 1.03 bits per heavy atom. The third-order valence-corrected chi connectivity index (χ3v) is 5.97. The number of carbonyl (C=O) groups is 2. The molecule has 0 spiro atoms. The lowest BCUT2D eigenvalue weighted by Crippen LogP contribution is -2.42. The number of benzene rings is 2. The van der Waals surface area contributed by atoms with Gasteiger partial charge in [0, 0.05) is 32.1 Å². The van der Waals surface area contributed by atoms with E-state index in [1.807, 2.05) is 23.1 Å². The molecule has 2 aromatic rings. The molecule has 1 unspecified atom stereocenters. The molecule has 6 heteroatoms. The van der Waals surface area contributed by atoms with Gasteiger partial charge in [-0.05, 0) is 42.9 Å². The summed E-state index contributed by atoms with van der Waals surface area (Å²) in [5.74, 6) is -1.74. The second kappa shape index (κ2) is 8.31. The first-order valence-electron chi connectivity index (χ1n) is 10.1. The van der Waals surface area contributed by atoms with Crippen LogP contribution >= 0.6 is 0 Å². The maximum absolute atomic E-state index is 14.1. The molecule has 2 aliphatic heterocycles. The number of likely N-dealkylation sites (tertiary alicyclic amines) is 1. The van der Waals surface area contributed by atoms with E-state index in [0.29, 0.717) is 19.0 Å². The van der Waals surface area contributed by atoms with Crippen molar-refractivity contribution in [2.24, 2.45) is 11.8 Å². The maximum atomic E-state index is 14.1.